The number of aryl methyl sites for hydroxylation is 2. The first kappa shape index (κ1) is 20.1. The van der Waals surface area contributed by atoms with Gasteiger partial charge in [-0.25, -0.2) is 0 Å². The maximum Gasteiger partial charge on any atom is 0.279 e. The van der Waals surface area contributed by atoms with E-state index in [1.165, 1.54) is 11.1 Å². The van der Waals surface area contributed by atoms with E-state index in [0.29, 0.717) is 0 Å². The Bertz CT molecular complexity index is 834. The number of hydrogen-bond donors (Lipinski definition) is 3. The van der Waals surface area contributed by atoms with Crippen LogP contribution < -0.4 is 15.5 Å². The van der Waals surface area contributed by atoms with E-state index >= 15 is 0 Å². The van der Waals surface area contributed by atoms with Crippen LogP contribution in [0.15, 0.2) is 48.5 Å². The van der Waals surface area contributed by atoms with Crippen molar-refractivity contribution in [2.45, 2.75) is 38.6 Å². The Balaban J connectivity index is 1.50. The second-order valence-electron chi connectivity index (χ2n) is 7.58. The van der Waals surface area contributed by atoms with Crippen molar-refractivity contribution in [1.82, 2.24) is 5.32 Å². The molecule has 148 valence electrons. The number of para-hydroxylation sites is 1. The Kier molecular flexibility index (Phi) is 6.82. The van der Waals surface area contributed by atoms with Gasteiger partial charge in [0.05, 0.1) is 13.1 Å². The van der Waals surface area contributed by atoms with Gasteiger partial charge in [-0.3, -0.25) is 9.59 Å². The van der Waals surface area contributed by atoms with E-state index in [4.69, 9.17) is 0 Å². The number of rotatable bonds is 7. The molecule has 2 amide bonds. The number of anilines is 1. The smallest absolute Gasteiger partial charge is 0.279 e. The van der Waals surface area contributed by atoms with Crippen molar-refractivity contribution in [1.29, 1.82) is 0 Å². The third-order valence-corrected chi connectivity index (χ3v) is 5.30. The molecule has 0 radical (unpaired) electrons. The number of fused-ring (bicyclic) bond motifs is 1. The Hall–Kier alpha value is -2.66. The first-order valence-corrected chi connectivity index (χ1v) is 10.1. The predicted octanol–water partition coefficient (Wildman–Crippen LogP) is 1.90. The first-order valence-electron chi connectivity index (χ1n) is 10.1. The number of amides is 2. The van der Waals surface area contributed by atoms with Crippen molar-refractivity contribution < 1.29 is 14.5 Å². The molecule has 3 N–H and O–H groups in total. The number of likely N-dealkylation sites (N-methyl/N-ethyl adjacent to an activating group) is 1. The van der Waals surface area contributed by atoms with Crippen molar-refractivity contribution in [2.24, 2.45) is 0 Å². The minimum absolute atomic E-state index is 0.0130. The van der Waals surface area contributed by atoms with Gasteiger partial charge in [-0.2, -0.15) is 0 Å². The molecule has 2 aromatic carbocycles. The average molecular weight is 381 g/mol. The largest absolute Gasteiger partial charge is 0.344 e. The van der Waals surface area contributed by atoms with Crippen molar-refractivity contribution in [2.75, 3.05) is 25.5 Å². The standard InChI is InChI=1S/C23H29N3O2/c1-3-17-9-5-7-13-20(17)24-22(27)15-26(2)16-23(28)25-21-14-8-11-18-10-4-6-12-19(18)21/h4-7,9-10,12-13,21H,3,8,11,14-16H2,1-2H3,(H,24,27)(H,25,28)/p+1/t21-/m1/s1. The van der Waals surface area contributed by atoms with Crippen LogP contribution in [0, 0.1) is 0 Å². The van der Waals surface area contributed by atoms with Crippen LogP contribution in [0.5, 0.6) is 0 Å². The zero-order valence-corrected chi connectivity index (χ0v) is 16.8. The number of benzene rings is 2. The highest BCUT2D eigenvalue weighted by molar-refractivity contribution is 5.92. The third-order valence-electron chi connectivity index (χ3n) is 5.30. The number of nitrogens with one attached hydrogen (secondary N) is 3. The zero-order valence-electron chi connectivity index (χ0n) is 16.8. The van der Waals surface area contributed by atoms with Gasteiger partial charge in [0, 0.05) is 5.69 Å². The molecule has 0 saturated heterocycles. The van der Waals surface area contributed by atoms with Gasteiger partial charge in [0.2, 0.25) is 0 Å². The molecule has 0 aliphatic heterocycles. The maximum absolute atomic E-state index is 12.5. The Morgan fingerprint density at radius 3 is 2.57 bits per heavy atom. The van der Waals surface area contributed by atoms with Crippen molar-refractivity contribution in [3.63, 3.8) is 0 Å². The van der Waals surface area contributed by atoms with E-state index < -0.39 is 0 Å². The molecule has 0 bridgehead atoms. The molecular weight excluding hydrogens is 350 g/mol. The molecule has 28 heavy (non-hydrogen) atoms. The fraction of sp³-hybridized carbons (Fsp3) is 0.391. The van der Waals surface area contributed by atoms with E-state index in [1.807, 2.05) is 37.4 Å². The van der Waals surface area contributed by atoms with E-state index in [0.717, 1.165) is 41.8 Å². The molecule has 0 saturated carbocycles. The van der Waals surface area contributed by atoms with Crippen LogP contribution in [0.1, 0.15) is 42.5 Å². The van der Waals surface area contributed by atoms with Crippen molar-refractivity contribution >= 4 is 17.5 Å². The van der Waals surface area contributed by atoms with Gasteiger partial charge in [0.15, 0.2) is 13.1 Å². The fourth-order valence-electron chi connectivity index (χ4n) is 3.90. The molecule has 2 atom stereocenters. The summed E-state index contributed by atoms with van der Waals surface area (Å²) in [6.07, 6.45) is 4.00. The van der Waals surface area contributed by atoms with Gasteiger partial charge >= 0.3 is 0 Å². The molecule has 0 fully saturated rings. The molecule has 1 unspecified atom stereocenters. The molecule has 1 aliphatic carbocycles. The topological polar surface area (TPSA) is 62.6 Å². The summed E-state index contributed by atoms with van der Waals surface area (Å²) < 4.78 is 0. The van der Waals surface area contributed by atoms with Crippen LogP contribution >= 0.6 is 0 Å². The molecule has 0 heterocycles. The third kappa shape index (κ3) is 5.20. The molecule has 1 aliphatic rings. The molecule has 5 heteroatoms. The maximum atomic E-state index is 12.5. The van der Waals surface area contributed by atoms with Crippen LogP contribution in [0.4, 0.5) is 5.69 Å². The van der Waals surface area contributed by atoms with E-state index in [-0.39, 0.29) is 30.9 Å². The summed E-state index contributed by atoms with van der Waals surface area (Å²) in [5.74, 6) is -0.0878. The van der Waals surface area contributed by atoms with E-state index in [1.54, 1.807) is 0 Å². The van der Waals surface area contributed by atoms with Gasteiger partial charge in [0.25, 0.3) is 11.8 Å². The molecule has 0 aromatic heterocycles. The quantitative estimate of drug-likeness (QED) is 0.687. The lowest BCUT2D eigenvalue weighted by Gasteiger charge is -2.26. The first-order chi connectivity index (χ1) is 13.6. The summed E-state index contributed by atoms with van der Waals surface area (Å²) >= 11 is 0. The highest BCUT2D eigenvalue weighted by Gasteiger charge is 2.23. The van der Waals surface area contributed by atoms with E-state index in [2.05, 4.69) is 35.8 Å². The van der Waals surface area contributed by atoms with Gasteiger partial charge in [-0.15, -0.1) is 0 Å². The lowest BCUT2D eigenvalue weighted by Crippen LogP contribution is -3.11. The summed E-state index contributed by atoms with van der Waals surface area (Å²) in [4.78, 5) is 25.7. The Morgan fingerprint density at radius 2 is 1.75 bits per heavy atom. The minimum atomic E-state index is -0.0748. The molecule has 2 aromatic rings. The van der Waals surface area contributed by atoms with Gasteiger partial charge in [0.1, 0.15) is 0 Å². The van der Waals surface area contributed by atoms with Crippen LogP contribution in [0.3, 0.4) is 0 Å². The predicted molar refractivity (Wildman–Crippen MR) is 111 cm³/mol. The monoisotopic (exact) mass is 380 g/mol. The van der Waals surface area contributed by atoms with Gasteiger partial charge in [-0.1, -0.05) is 49.4 Å². The molecule has 3 rings (SSSR count). The lowest BCUT2D eigenvalue weighted by molar-refractivity contribution is -0.862. The highest BCUT2D eigenvalue weighted by atomic mass is 16.2. The zero-order chi connectivity index (χ0) is 19.9. The van der Waals surface area contributed by atoms with Crippen LogP contribution in [0.25, 0.3) is 0 Å². The highest BCUT2D eigenvalue weighted by Crippen LogP contribution is 2.29. The Morgan fingerprint density at radius 1 is 1.04 bits per heavy atom. The summed E-state index contributed by atoms with van der Waals surface area (Å²) in [7, 11) is 1.87. The average Bonchev–Trinajstić information content (AvgIpc) is 2.68. The summed E-state index contributed by atoms with van der Waals surface area (Å²) in [6.45, 7) is 2.60. The summed E-state index contributed by atoms with van der Waals surface area (Å²) in [5, 5.41) is 6.12. The van der Waals surface area contributed by atoms with Crippen LogP contribution in [-0.2, 0) is 22.4 Å². The number of hydrogen-bond acceptors (Lipinski definition) is 2. The number of carbonyl (C=O) groups is 2. The van der Waals surface area contributed by atoms with E-state index in [9.17, 15) is 9.59 Å². The minimum Gasteiger partial charge on any atom is -0.344 e. The van der Waals surface area contributed by atoms with Gasteiger partial charge in [-0.05, 0) is 48.4 Å². The molecule has 0 spiro atoms. The molecular formula is C23H30N3O2+. The van der Waals surface area contributed by atoms with Crippen molar-refractivity contribution in [3.05, 3.63) is 65.2 Å². The summed E-state index contributed by atoms with van der Waals surface area (Å²) in [6, 6.07) is 16.2. The number of quaternary nitrogens is 1. The second kappa shape index (κ2) is 9.51. The SMILES string of the molecule is CCc1ccccc1NC(=O)C[NH+](C)CC(=O)N[C@@H]1CCCc2ccccc21. The van der Waals surface area contributed by atoms with Gasteiger partial charge < -0.3 is 15.5 Å². The second-order valence-corrected chi connectivity index (χ2v) is 7.58. The Labute approximate surface area is 167 Å². The summed E-state index contributed by atoms with van der Waals surface area (Å²) in [5.41, 5.74) is 4.52. The lowest BCUT2D eigenvalue weighted by atomic mass is 9.88. The van der Waals surface area contributed by atoms with Crippen LogP contribution in [0.2, 0.25) is 0 Å². The molecule has 5 nitrogen and oxygen atoms in total. The van der Waals surface area contributed by atoms with Crippen LogP contribution in [-0.4, -0.2) is 32.0 Å². The van der Waals surface area contributed by atoms with Crippen molar-refractivity contribution in [3.8, 4) is 0 Å². The fourth-order valence-corrected chi connectivity index (χ4v) is 3.90. The number of carbonyl (C=O) groups excluding carboxylic acids is 2. The normalized spacial score (nSPS) is 16.7.